The zero-order valence-electron chi connectivity index (χ0n) is 40.5. The second kappa shape index (κ2) is 21.4. The van der Waals surface area contributed by atoms with Crippen molar-refractivity contribution in [2.24, 2.45) is 0 Å². The van der Waals surface area contributed by atoms with Crippen LogP contribution in [0.15, 0.2) is 230 Å². The van der Waals surface area contributed by atoms with Crippen LogP contribution in [0.1, 0.15) is 39.0 Å². The number of hydrogen-bond donors (Lipinski definition) is 0. The summed E-state index contributed by atoms with van der Waals surface area (Å²) in [5, 5.41) is 4.82. The number of benzene rings is 9. The van der Waals surface area contributed by atoms with E-state index in [1.165, 1.54) is 32.0 Å². The highest BCUT2D eigenvalue weighted by atomic mass is 32.2. The van der Waals surface area contributed by atoms with Gasteiger partial charge in [-0.15, -0.1) is 11.8 Å². The summed E-state index contributed by atoms with van der Waals surface area (Å²) in [7, 11) is 0. The average molecular weight is 925 g/mol. The van der Waals surface area contributed by atoms with Gasteiger partial charge in [0.15, 0.2) is 5.82 Å². The van der Waals surface area contributed by atoms with Crippen LogP contribution in [-0.2, 0) is 0 Å². The van der Waals surface area contributed by atoms with Gasteiger partial charge in [0, 0.05) is 55.0 Å². The number of thioether (sulfide) groups is 1. The van der Waals surface area contributed by atoms with Crippen molar-refractivity contribution in [1.82, 2.24) is 14.5 Å². The van der Waals surface area contributed by atoms with Crippen molar-refractivity contribution in [1.29, 1.82) is 0 Å². The molecule has 0 amide bonds. The summed E-state index contributed by atoms with van der Waals surface area (Å²) in [5.41, 5.74) is 15.4. The van der Waals surface area contributed by atoms with Crippen molar-refractivity contribution >= 4 is 73.6 Å². The molecule has 0 spiro atoms. The molecular formula is C65H56N4S. The van der Waals surface area contributed by atoms with E-state index in [-0.39, 0.29) is 0 Å². The zero-order chi connectivity index (χ0) is 48.6. The van der Waals surface area contributed by atoms with Gasteiger partial charge < -0.3 is 9.47 Å². The summed E-state index contributed by atoms with van der Waals surface area (Å²) >= 11 is 1.76. The molecule has 0 aliphatic rings. The van der Waals surface area contributed by atoms with Crippen LogP contribution >= 0.6 is 11.8 Å². The second-order valence-electron chi connectivity index (χ2n) is 16.2. The molecule has 0 unspecified atom stereocenters. The van der Waals surface area contributed by atoms with Gasteiger partial charge in [-0.3, -0.25) is 0 Å². The third kappa shape index (κ3) is 8.84. The van der Waals surface area contributed by atoms with E-state index in [0.717, 1.165) is 78.6 Å². The number of para-hydroxylation sites is 3. The van der Waals surface area contributed by atoms with E-state index in [0.29, 0.717) is 5.82 Å². The third-order valence-corrected chi connectivity index (χ3v) is 13.2. The molecule has 0 saturated carbocycles. The third-order valence-electron chi connectivity index (χ3n) is 12.4. The van der Waals surface area contributed by atoms with E-state index < -0.39 is 0 Å². The van der Waals surface area contributed by atoms with Gasteiger partial charge in [-0.1, -0.05) is 205 Å². The molecule has 11 aromatic rings. The molecule has 0 fully saturated rings. The molecule has 70 heavy (non-hydrogen) atoms. The fourth-order valence-electron chi connectivity index (χ4n) is 9.38. The summed E-state index contributed by atoms with van der Waals surface area (Å²) in [5.74, 6) is 0.616. The number of anilines is 3. The predicted molar refractivity (Wildman–Crippen MR) is 305 cm³/mol. The fraction of sp³-hybridized carbons (Fsp3) is 0.0769. The van der Waals surface area contributed by atoms with E-state index in [4.69, 9.17) is 9.97 Å². The molecule has 0 N–H and O–H groups in total. The van der Waals surface area contributed by atoms with Crippen LogP contribution in [0.4, 0.5) is 17.1 Å². The molecule has 5 heteroatoms. The van der Waals surface area contributed by atoms with Gasteiger partial charge in [0.1, 0.15) is 0 Å². The van der Waals surface area contributed by atoms with Gasteiger partial charge in [-0.05, 0) is 94.4 Å². The highest BCUT2D eigenvalue weighted by molar-refractivity contribution is 7.98. The number of fused-ring (bicyclic) bond motifs is 5. The Hall–Kier alpha value is -8.25. The van der Waals surface area contributed by atoms with Crippen LogP contribution in [-0.4, -0.2) is 20.8 Å². The topological polar surface area (TPSA) is 34.0 Å². The monoisotopic (exact) mass is 924 g/mol. The van der Waals surface area contributed by atoms with Gasteiger partial charge in [0.05, 0.1) is 28.1 Å². The first-order valence-corrected chi connectivity index (χ1v) is 25.3. The molecule has 0 aliphatic heterocycles. The SMILES string of the molecule is C=Cc1nc(-c2cccc(-n3c4ccc5ccccc5c4c4cccc(-c5ccc(SC)c(N(c6ccccc6)c6ccccc6)c5)c43)c2)nc(-c2ccc(-c3ccccc3)cc2)c1C=C.CC.CC. The Morgan fingerprint density at radius 1 is 0.500 bits per heavy atom. The Morgan fingerprint density at radius 3 is 1.76 bits per heavy atom. The van der Waals surface area contributed by atoms with E-state index in [2.05, 4.69) is 235 Å². The molecule has 2 aromatic heterocycles. The van der Waals surface area contributed by atoms with Crippen LogP contribution < -0.4 is 4.90 Å². The lowest BCUT2D eigenvalue weighted by molar-refractivity contribution is 1.14. The fourth-order valence-corrected chi connectivity index (χ4v) is 9.94. The lowest BCUT2D eigenvalue weighted by Crippen LogP contribution is -2.11. The first kappa shape index (κ1) is 46.8. The van der Waals surface area contributed by atoms with E-state index in [9.17, 15) is 0 Å². The maximum absolute atomic E-state index is 5.29. The highest BCUT2D eigenvalue weighted by Gasteiger charge is 2.22. The molecule has 11 rings (SSSR count). The van der Waals surface area contributed by atoms with Crippen molar-refractivity contribution in [3.05, 3.63) is 237 Å². The van der Waals surface area contributed by atoms with Crippen molar-refractivity contribution in [3.63, 3.8) is 0 Å². The number of nitrogens with zero attached hydrogens (tertiary/aromatic N) is 4. The number of hydrogen-bond acceptors (Lipinski definition) is 4. The summed E-state index contributed by atoms with van der Waals surface area (Å²) in [6, 6.07) is 75.7. The quantitative estimate of drug-likeness (QED) is 0.121. The molecular weight excluding hydrogens is 869 g/mol. The molecule has 2 heterocycles. The second-order valence-corrected chi connectivity index (χ2v) is 17.1. The van der Waals surface area contributed by atoms with Gasteiger partial charge in [0.2, 0.25) is 0 Å². The largest absolute Gasteiger partial charge is 0.309 e. The van der Waals surface area contributed by atoms with Gasteiger partial charge >= 0.3 is 0 Å². The van der Waals surface area contributed by atoms with Crippen LogP contribution in [0.25, 0.3) is 95.3 Å². The van der Waals surface area contributed by atoms with Crippen LogP contribution in [0.2, 0.25) is 0 Å². The lowest BCUT2D eigenvalue weighted by atomic mass is 9.99. The first-order chi connectivity index (χ1) is 34.6. The Morgan fingerprint density at radius 2 is 1.09 bits per heavy atom. The lowest BCUT2D eigenvalue weighted by Gasteiger charge is -2.28. The van der Waals surface area contributed by atoms with Crippen LogP contribution in [0, 0.1) is 0 Å². The van der Waals surface area contributed by atoms with Gasteiger partial charge in [0.25, 0.3) is 0 Å². The first-order valence-electron chi connectivity index (χ1n) is 24.1. The Bertz CT molecular complexity index is 3560. The Kier molecular flexibility index (Phi) is 14.3. The van der Waals surface area contributed by atoms with E-state index in [1.807, 2.05) is 39.8 Å². The minimum atomic E-state index is 0.616. The van der Waals surface area contributed by atoms with Crippen LogP contribution in [0.5, 0.6) is 0 Å². The number of rotatable bonds is 11. The standard InChI is InChI=1S/C61H44N4S.2C2H6/c1-4-50-54(5-2)62-61(63-59(50)44-33-31-42(32-34-44)41-19-9-6-10-20-41)46-22-17-27-49(39-46)65-55-37-35-43-21-15-16-28-51(43)58(55)53-30-18-29-52(60(53)65)45-36-38-57(66-3)56(40-45)64(47-23-11-7-12-24-47)48-25-13-8-14-26-48;2*1-2/h4-40H,1-2H2,3H3;2*1-2H3. The summed E-state index contributed by atoms with van der Waals surface area (Å²) < 4.78 is 2.43. The van der Waals surface area contributed by atoms with E-state index in [1.54, 1.807) is 17.8 Å². The summed E-state index contributed by atoms with van der Waals surface area (Å²) in [6.07, 6.45) is 5.78. The Balaban J connectivity index is 0.00000148. The minimum absolute atomic E-state index is 0.616. The molecule has 0 aliphatic carbocycles. The molecule has 0 bridgehead atoms. The molecule has 0 radical (unpaired) electrons. The molecule has 4 nitrogen and oxygen atoms in total. The number of aromatic nitrogens is 3. The smallest absolute Gasteiger partial charge is 0.160 e. The minimum Gasteiger partial charge on any atom is -0.309 e. The maximum Gasteiger partial charge on any atom is 0.160 e. The summed E-state index contributed by atoms with van der Waals surface area (Å²) in [6.45, 7) is 16.3. The zero-order valence-corrected chi connectivity index (χ0v) is 41.3. The summed E-state index contributed by atoms with van der Waals surface area (Å²) in [4.78, 5) is 14.0. The normalized spacial score (nSPS) is 10.8. The highest BCUT2D eigenvalue weighted by Crippen LogP contribution is 2.46. The molecule has 342 valence electrons. The van der Waals surface area contributed by atoms with Crippen molar-refractivity contribution in [2.75, 3.05) is 11.2 Å². The van der Waals surface area contributed by atoms with Crippen molar-refractivity contribution in [3.8, 4) is 50.6 Å². The maximum atomic E-state index is 5.29. The van der Waals surface area contributed by atoms with Crippen molar-refractivity contribution in [2.45, 2.75) is 32.6 Å². The average Bonchev–Trinajstić information content (AvgIpc) is 3.80. The van der Waals surface area contributed by atoms with Crippen molar-refractivity contribution < 1.29 is 0 Å². The molecule has 9 aromatic carbocycles. The van der Waals surface area contributed by atoms with E-state index >= 15 is 0 Å². The molecule has 0 atom stereocenters. The van der Waals surface area contributed by atoms with Gasteiger partial charge in [-0.2, -0.15) is 0 Å². The van der Waals surface area contributed by atoms with Crippen LogP contribution in [0.3, 0.4) is 0 Å². The Labute approximate surface area is 417 Å². The predicted octanol–water partition coefficient (Wildman–Crippen LogP) is 18.9. The molecule has 0 saturated heterocycles. The van der Waals surface area contributed by atoms with Gasteiger partial charge in [-0.25, -0.2) is 9.97 Å².